The van der Waals surface area contributed by atoms with Crippen LogP contribution in [0, 0.1) is 3.57 Å². The highest BCUT2D eigenvalue weighted by Gasteiger charge is 2.37. The second-order valence-electron chi connectivity index (χ2n) is 6.09. The van der Waals surface area contributed by atoms with Crippen molar-refractivity contribution >= 4 is 52.2 Å². The number of imide groups is 2. The molecule has 3 rings (SSSR count). The molecule has 1 fully saturated rings. The first-order valence-corrected chi connectivity index (χ1v) is 9.95. The summed E-state index contributed by atoms with van der Waals surface area (Å²) in [6.45, 7) is 4.32. The summed E-state index contributed by atoms with van der Waals surface area (Å²) in [6, 6.07) is 11.8. The Morgan fingerprint density at radius 2 is 1.86 bits per heavy atom. The summed E-state index contributed by atoms with van der Waals surface area (Å²) < 4.78 is 6.43. The lowest BCUT2D eigenvalue weighted by Gasteiger charge is -2.28. The summed E-state index contributed by atoms with van der Waals surface area (Å²) in [5, 5.41) is 2.26. The van der Waals surface area contributed by atoms with Crippen LogP contribution in [0.5, 0.6) is 5.75 Å². The molecule has 1 heterocycles. The summed E-state index contributed by atoms with van der Waals surface area (Å²) >= 11 is 2.14. The van der Waals surface area contributed by atoms with Crippen molar-refractivity contribution in [3.63, 3.8) is 0 Å². The Kier molecular flexibility index (Phi) is 6.13. The molecule has 1 aliphatic rings. The van der Waals surface area contributed by atoms with Crippen molar-refractivity contribution in [3.05, 3.63) is 62.7 Å². The lowest BCUT2D eigenvalue weighted by molar-refractivity contribution is -0.122. The minimum Gasteiger partial charge on any atom is -0.494 e. The molecule has 4 amide bonds. The number of hydrogen-bond donors (Lipinski definition) is 1. The molecule has 1 N–H and O–H groups in total. The molecular formula is C21H19IN2O4. The first kappa shape index (κ1) is 20.1. The van der Waals surface area contributed by atoms with E-state index in [1.807, 2.05) is 38.1 Å². The van der Waals surface area contributed by atoms with Crippen molar-refractivity contribution in [1.29, 1.82) is 0 Å². The Bertz CT molecular complexity index is 984. The highest BCUT2D eigenvalue weighted by atomic mass is 127. The van der Waals surface area contributed by atoms with E-state index < -0.39 is 17.8 Å². The van der Waals surface area contributed by atoms with Gasteiger partial charge in [-0.1, -0.05) is 25.1 Å². The van der Waals surface area contributed by atoms with E-state index in [0.29, 0.717) is 30.0 Å². The van der Waals surface area contributed by atoms with Crippen LogP contribution >= 0.6 is 22.6 Å². The lowest BCUT2D eigenvalue weighted by Crippen LogP contribution is -2.54. The summed E-state index contributed by atoms with van der Waals surface area (Å²) in [6.07, 6.45) is 2.13. The number of hydrogen-bond acceptors (Lipinski definition) is 4. The van der Waals surface area contributed by atoms with Gasteiger partial charge in [-0.3, -0.25) is 14.9 Å². The van der Waals surface area contributed by atoms with Crippen LogP contribution in [0.2, 0.25) is 0 Å². The van der Waals surface area contributed by atoms with Gasteiger partial charge in [0.25, 0.3) is 11.8 Å². The highest BCUT2D eigenvalue weighted by Crippen LogP contribution is 2.27. The highest BCUT2D eigenvalue weighted by molar-refractivity contribution is 14.1. The Balaban J connectivity index is 2.04. The quantitative estimate of drug-likeness (QED) is 0.392. The topological polar surface area (TPSA) is 75.7 Å². The molecule has 0 bridgehead atoms. The van der Waals surface area contributed by atoms with Crippen LogP contribution in [0.1, 0.15) is 25.0 Å². The second kappa shape index (κ2) is 8.55. The Hall–Kier alpha value is -2.68. The summed E-state index contributed by atoms with van der Waals surface area (Å²) in [5.41, 5.74) is 1.86. The number of halogens is 1. The minimum atomic E-state index is -0.745. The zero-order valence-electron chi connectivity index (χ0n) is 15.5. The molecule has 0 aromatic heterocycles. The molecule has 0 aliphatic carbocycles. The molecular weight excluding hydrogens is 471 g/mol. The van der Waals surface area contributed by atoms with E-state index in [0.717, 1.165) is 14.0 Å². The van der Waals surface area contributed by atoms with Gasteiger partial charge in [0.15, 0.2) is 0 Å². The maximum absolute atomic E-state index is 13.1. The number of ether oxygens (including phenoxy) is 1. The van der Waals surface area contributed by atoms with Crippen LogP contribution in [-0.4, -0.2) is 24.5 Å². The fraction of sp³-hybridized carbons (Fsp3) is 0.190. The first-order chi connectivity index (χ1) is 13.4. The number of rotatable bonds is 5. The van der Waals surface area contributed by atoms with Crippen molar-refractivity contribution in [2.24, 2.45) is 0 Å². The number of amides is 4. The van der Waals surface area contributed by atoms with Crippen LogP contribution in [0.15, 0.2) is 48.0 Å². The van der Waals surface area contributed by atoms with Crippen molar-refractivity contribution in [2.75, 3.05) is 11.5 Å². The summed E-state index contributed by atoms with van der Waals surface area (Å²) in [4.78, 5) is 38.8. The first-order valence-electron chi connectivity index (χ1n) is 8.87. The molecule has 144 valence electrons. The smallest absolute Gasteiger partial charge is 0.335 e. The van der Waals surface area contributed by atoms with Gasteiger partial charge in [0, 0.05) is 3.57 Å². The molecule has 1 aliphatic heterocycles. The third kappa shape index (κ3) is 4.09. The van der Waals surface area contributed by atoms with Gasteiger partial charge in [0.2, 0.25) is 0 Å². The van der Waals surface area contributed by atoms with Crippen LogP contribution in [0.25, 0.3) is 6.08 Å². The lowest BCUT2D eigenvalue weighted by atomic mass is 10.0. The number of aryl methyl sites for hydroxylation is 1. The number of barbiturate groups is 1. The third-order valence-electron chi connectivity index (χ3n) is 4.23. The number of nitrogens with one attached hydrogen (secondary N) is 1. The van der Waals surface area contributed by atoms with Crippen LogP contribution in [-0.2, 0) is 16.0 Å². The average Bonchev–Trinajstić information content (AvgIpc) is 2.65. The fourth-order valence-electron chi connectivity index (χ4n) is 2.99. The van der Waals surface area contributed by atoms with E-state index in [2.05, 4.69) is 27.9 Å². The standard InChI is InChI=1S/C21H19IN2O4/c1-3-14-7-5-6-8-18(14)24-20(26)17(19(25)23-21(24)27)11-13-9-15(22)12-16(10-13)28-4-2/h5-12H,3-4H2,1-2H3,(H,23,25,27)/b17-11-. The third-order valence-corrected chi connectivity index (χ3v) is 4.85. The molecule has 0 atom stereocenters. The molecule has 6 nitrogen and oxygen atoms in total. The number of nitrogens with zero attached hydrogens (tertiary/aromatic N) is 1. The van der Waals surface area contributed by atoms with Crippen LogP contribution in [0.3, 0.4) is 0 Å². The SMILES string of the molecule is CCOc1cc(I)cc(/C=C2/C(=O)NC(=O)N(c3ccccc3CC)C2=O)c1. The molecule has 0 saturated carbocycles. The van der Waals surface area contributed by atoms with E-state index in [4.69, 9.17) is 4.74 Å². The van der Waals surface area contributed by atoms with Gasteiger partial charge in [0.05, 0.1) is 12.3 Å². The Labute approximate surface area is 176 Å². The molecule has 2 aromatic rings. The zero-order valence-corrected chi connectivity index (χ0v) is 17.6. The number of carbonyl (C=O) groups excluding carboxylic acids is 3. The molecule has 1 saturated heterocycles. The largest absolute Gasteiger partial charge is 0.494 e. The van der Waals surface area contributed by atoms with Crippen molar-refractivity contribution in [2.45, 2.75) is 20.3 Å². The molecule has 28 heavy (non-hydrogen) atoms. The zero-order chi connectivity index (χ0) is 20.3. The maximum atomic E-state index is 13.1. The maximum Gasteiger partial charge on any atom is 0.335 e. The molecule has 7 heteroatoms. The van der Waals surface area contributed by atoms with Crippen LogP contribution in [0.4, 0.5) is 10.5 Å². The number of para-hydroxylation sites is 1. The van der Waals surface area contributed by atoms with Crippen molar-refractivity contribution in [3.8, 4) is 5.75 Å². The number of anilines is 1. The molecule has 0 unspecified atom stereocenters. The fourth-order valence-corrected chi connectivity index (χ4v) is 3.66. The van der Waals surface area contributed by atoms with Crippen molar-refractivity contribution in [1.82, 2.24) is 5.32 Å². The summed E-state index contributed by atoms with van der Waals surface area (Å²) in [7, 11) is 0. The van der Waals surface area contributed by atoms with Gasteiger partial charge in [-0.05, 0) is 77.4 Å². The van der Waals surface area contributed by atoms with Gasteiger partial charge < -0.3 is 4.74 Å². The summed E-state index contributed by atoms with van der Waals surface area (Å²) in [5.74, 6) is -0.710. The predicted molar refractivity (Wildman–Crippen MR) is 115 cm³/mol. The Morgan fingerprint density at radius 3 is 2.57 bits per heavy atom. The molecule has 0 radical (unpaired) electrons. The van der Waals surface area contributed by atoms with E-state index in [1.165, 1.54) is 6.08 Å². The van der Waals surface area contributed by atoms with Crippen molar-refractivity contribution < 1.29 is 19.1 Å². The average molecular weight is 490 g/mol. The monoisotopic (exact) mass is 490 g/mol. The second-order valence-corrected chi connectivity index (χ2v) is 7.34. The number of benzene rings is 2. The van der Waals surface area contributed by atoms with Gasteiger partial charge >= 0.3 is 6.03 Å². The van der Waals surface area contributed by atoms with E-state index in [9.17, 15) is 14.4 Å². The normalized spacial score (nSPS) is 15.8. The predicted octanol–water partition coefficient (Wildman–Crippen LogP) is 3.92. The number of carbonyl (C=O) groups is 3. The Morgan fingerprint density at radius 1 is 1.11 bits per heavy atom. The van der Waals surface area contributed by atoms with Crippen LogP contribution < -0.4 is 15.0 Å². The van der Waals surface area contributed by atoms with Gasteiger partial charge in [-0.2, -0.15) is 0 Å². The van der Waals surface area contributed by atoms with Gasteiger partial charge in [0.1, 0.15) is 11.3 Å². The van der Waals surface area contributed by atoms with E-state index in [1.54, 1.807) is 18.2 Å². The van der Waals surface area contributed by atoms with Gasteiger partial charge in [-0.15, -0.1) is 0 Å². The van der Waals surface area contributed by atoms with E-state index in [-0.39, 0.29) is 5.57 Å². The number of urea groups is 1. The molecule has 2 aromatic carbocycles. The van der Waals surface area contributed by atoms with E-state index >= 15 is 0 Å². The molecule has 0 spiro atoms. The van der Waals surface area contributed by atoms with Gasteiger partial charge in [-0.25, -0.2) is 9.69 Å². The minimum absolute atomic E-state index is 0.102.